The number of morpholine rings is 1. The summed E-state index contributed by atoms with van der Waals surface area (Å²) in [4.78, 5) is 17.8. The van der Waals surface area contributed by atoms with E-state index in [-0.39, 0.29) is 5.97 Å². The van der Waals surface area contributed by atoms with E-state index in [1.165, 1.54) is 7.11 Å². The highest BCUT2D eigenvalue weighted by molar-refractivity contribution is 6.35. The summed E-state index contributed by atoms with van der Waals surface area (Å²) in [5, 5.41) is 0.986. The molecule has 0 amide bonds. The van der Waals surface area contributed by atoms with Crippen LogP contribution in [0.3, 0.4) is 0 Å². The zero-order chi connectivity index (χ0) is 14.7. The van der Waals surface area contributed by atoms with Crippen molar-refractivity contribution >= 4 is 29.2 Å². The fraction of sp³-hybridized carbons (Fsp3) is 0.538. The molecule has 0 saturated carbocycles. The molecule has 0 spiro atoms. The highest BCUT2D eigenvalue weighted by Crippen LogP contribution is 2.26. The van der Waals surface area contributed by atoms with Crippen LogP contribution in [0, 0.1) is 6.92 Å². The van der Waals surface area contributed by atoms with Gasteiger partial charge in [-0.2, -0.15) is 0 Å². The second-order valence-corrected chi connectivity index (χ2v) is 5.40. The van der Waals surface area contributed by atoms with Crippen LogP contribution in [0.4, 0.5) is 0 Å². The molecular formula is C13H16Cl2N2O3. The fourth-order valence-electron chi connectivity index (χ4n) is 2.11. The molecule has 2 heterocycles. The maximum atomic E-state index is 11.5. The predicted octanol–water partition coefficient (Wildman–Crippen LogP) is 2.07. The van der Waals surface area contributed by atoms with Gasteiger partial charge in [0, 0.05) is 35.9 Å². The normalized spacial score (nSPS) is 19.9. The number of carbonyl (C=O) groups is 1. The molecule has 1 fully saturated rings. The smallest absolute Gasteiger partial charge is 0.336 e. The molecule has 2 rings (SSSR count). The highest BCUT2D eigenvalue weighted by atomic mass is 35.5. The first kappa shape index (κ1) is 15.5. The largest absolute Gasteiger partial charge is 0.467 e. The van der Waals surface area contributed by atoms with Gasteiger partial charge in [0.15, 0.2) is 6.10 Å². The van der Waals surface area contributed by atoms with Crippen molar-refractivity contribution in [2.75, 3.05) is 26.8 Å². The first-order chi connectivity index (χ1) is 9.51. The van der Waals surface area contributed by atoms with Gasteiger partial charge in [-0.15, -0.1) is 0 Å². The minimum Gasteiger partial charge on any atom is -0.467 e. The second-order valence-electron chi connectivity index (χ2n) is 4.63. The molecule has 1 aromatic rings. The summed E-state index contributed by atoms with van der Waals surface area (Å²) in [6.07, 6.45) is -0.565. The van der Waals surface area contributed by atoms with Crippen molar-refractivity contribution in [1.82, 2.24) is 9.88 Å². The van der Waals surface area contributed by atoms with E-state index < -0.39 is 6.10 Å². The summed E-state index contributed by atoms with van der Waals surface area (Å²) in [7, 11) is 1.35. The summed E-state index contributed by atoms with van der Waals surface area (Å²) >= 11 is 12.3. The number of halogens is 2. The number of hydrogen-bond acceptors (Lipinski definition) is 5. The lowest BCUT2D eigenvalue weighted by molar-refractivity contribution is -0.160. The lowest BCUT2D eigenvalue weighted by Gasteiger charge is -2.31. The van der Waals surface area contributed by atoms with Crippen molar-refractivity contribution < 1.29 is 14.3 Å². The van der Waals surface area contributed by atoms with Crippen molar-refractivity contribution in [3.05, 3.63) is 27.5 Å². The van der Waals surface area contributed by atoms with Gasteiger partial charge in [-0.1, -0.05) is 23.2 Å². The molecule has 1 aliphatic rings. The van der Waals surface area contributed by atoms with E-state index in [1.54, 1.807) is 6.07 Å². The Hall–Kier alpha value is -0.880. The van der Waals surface area contributed by atoms with Gasteiger partial charge in [0.05, 0.1) is 13.7 Å². The number of ether oxygens (including phenoxy) is 2. The number of hydrogen-bond donors (Lipinski definition) is 0. The van der Waals surface area contributed by atoms with Crippen LogP contribution in [0.2, 0.25) is 10.2 Å². The molecule has 20 heavy (non-hydrogen) atoms. The van der Waals surface area contributed by atoms with Gasteiger partial charge in [-0.25, -0.2) is 9.78 Å². The SMILES string of the molecule is COC(=O)C1CN(Cc2c(Cl)cc(C)nc2Cl)CCO1. The second kappa shape index (κ2) is 6.72. The number of methoxy groups -OCH3 is 1. The molecule has 0 N–H and O–H groups in total. The standard InChI is InChI=1S/C13H16Cl2N2O3/c1-8-5-10(14)9(12(15)16-8)6-17-3-4-20-11(7-17)13(18)19-2/h5,11H,3-4,6-7H2,1-2H3. The molecule has 7 heteroatoms. The zero-order valence-electron chi connectivity index (χ0n) is 11.4. The Balaban J connectivity index is 2.08. The number of carbonyl (C=O) groups excluding carboxylic acids is 1. The summed E-state index contributed by atoms with van der Waals surface area (Å²) in [6.45, 7) is 3.99. The van der Waals surface area contributed by atoms with E-state index in [1.807, 2.05) is 6.92 Å². The number of esters is 1. The predicted molar refractivity (Wildman–Crippen MR) is 76.0 cm³/mol. The van der Waals surface area contributed by atoms with E-state index in [0.29, 0.717) is 36.4 Å². The van der Waals surface area contributed by atoms with Gasteiger partial charge in [0.25, 0.3) is 0 Å². The van der Waals surface area contributed by atoms with Crippen molar-refractivity contribution in [3.63, 3.8) is 0 Å². The first-order valence-corrected chi connectivity index (χ1v) is 7.00. The maximum Gasteiger partial charge on any atom is 0.336 e. The Kier molecular flexibility index (Phi) is 5.21. The van der Waals surface area contributed by atoms with Crippen LogP contribution in [0.5, 0.6) is 0 Å². The number of pyridine rings is 1. The van der Waals surface area contributed by atoms with Crippen molar-refractivity contribution in [1.29, 1.82) is 0 Å². The minimum atomic E-state index is -0.565. The molecule has 5 nitrogen and oxygen atoms in total. The lowest BCUT2D eigenvalue weighted by Crippen LogP contribution is -2.46. The third kappa shape index (κ3) is 3.61. The third-order valence-corrected chi connectivity index (χ3v) is 3.79. The number of aromatic nitrogens is 1. The number of nitrogens with zero attached hydrogens (tertiary/aromatic N) is 2. The van der Waals surface area contributed by atoms with Gasteiger partial charge in [-0.05, 0) is 13.0 Å². The molecule has 1 aromatic heterocycles. The molecule has 0 aromatic carbocycles. The van der Waals surface area contributed by atoms with E-state index in [2.05, 4.69) is 9.88 Å². The lowest BCUT2D eigenvalue weighted by atomic mass is 10.2. The van der Waals surface area contributed by atoms with Crippen LogP contribution in [-0.4, -0.2) is 48.8 Å². The Bertz CT molecular complexity index is 487. The summed E-state index contributed by atoms with van der Waals surface area (Å²) < 4.78 is 10.1. The van der Waals surface area contributed by atoms with E-state index >= 15 is 0 Å². The van der Waals surface area contributed by atoms with Crippen LogP contribution < -0.4 is 0 Å². The quantitative estimate of drug-likeness (QED) is 0.631. The molecule has 1 saturated heterocycles. The van der Waals surface area contributed by atoms with Crippen LogP contribution >= 0.6 is 23.2 Å². The molecular weight excluding hydrogens is 303 g/mol. The molecule has 0 bridgehead atoms. The zero-order valence-corrected chi connectivity index (χ0v) is 12.9. The van der Waals surface area contributed by atoms with E-state index in [0.717, 1.165) is 11.3 Å². The van der Waals surface area contributed by atoms with Crippen molar-refractivity contribution in [2.45, 2.75) is 19.6 Å². The summed E-state index contributed by atoms with van der Waals surface area (Å²) in [5.41, 5.74) is 1.54. The average molecular weight is 319 g/mol. The Morgan fingerprint density at radius 1 is 1.60 bits per heavy atom. The van der Waals surface area contributed by atoms with Crippen LogP contribution in [-0.2, 0) is 20.8 Å². The van der Waals surface area contributed by atoms with E-state index in [9.17, 15) is 4.79 Å². The van der Waals surface area contributed by atoms with Crippen molar-refractivity contribution in [2.24, 2.45) is 0 Å². The van der Waals surface area contributed by atoms with Gasteiger partial charge >= 0.3 is 5.97 Å². The molecule has 1 aliphatic heterocycles. The third-order valence-electron chi connectivity index (χ3n) is 3.14. The van der Waals surface area contributed by atoms with E-state index in [4.69, 9.17) is 32.7 Å². The fourth-order valence-corrected chi connectivity index (χ4v) is 2.76. The highest BCUT2D eigenvalue weighted by Gasteiger charge is 2.28. The first-order valence-electron chi connectivity index (χ1n) is 6.24. The van der Waals surface area contributed by atoms with Gasteiger partial charge < -0.3 is 9.47 Å². The molecule has 110 valence electrons. The van der Waals surface area contributed by atoms with Crippen LogP contribution in [0.15, 0.2) is 6.07 Å². The monoisotopic (exact) mass is 318 g/mol. The summed E-state index contributed by atoms with van der Waals surface area (Å²) in [6, 6.07) is 1.78. The van der Waals surface area contributed by atoms with Crippen LogP contribution in [0.1, 0.15) is 11.3 Å². The minimum absolute atomic E-state index is 0.367. The topological polar surface area (TPSA) is 51.7 Å². The van der Waals surface area contributed by atoms with Crippen LogP contribution in [0.25, 0.3) is 0 Å². The Morgan fingerprint density at radius 3 is 3.00 bits per heavy atom. The van der Waals surface area contributed by atoms with Gasteiger partial charge in [-0.3, -0.25) is 4.90 Å². The average Bonchev–Trinajstić information content (AvgIpc) is 2.42. The Morgan fingerprint density at radius 2 is 2.35 bits per heavy atom. The molecule has 1 atom stereocenters. The number of aryl methyl sites for hydroxylation is 1. The Labute approximate surface area is 127 Å². The summed E-state index contributed by atoms with van der Waals surface area (Å²) in [5.74, 6) is -0.367. The number of rotatable bonds is 3. The molecule has 0 radical (unpaired) electrons. The molecule has 1 unspecified atom stereocenters. The maximum absolute atomic E-state index is 11.5. The molecule has 0 aliphatic carbocycles. The van der Waals surface area contributed by atoms with Crippen molar-refractivity contribution in [3.8, 4) is 0 Å². The van der Waals surface area contributed by atoms with Gasteiger partial charge in [0.2, 0.25) is 0 Å². The van der Waals surface area contributed by atoms with Gasteiger partial charge in [0.1, 0.15) is 5.15 Å².